The van der Waals surface area contributed by atoms with Crippen molar-refractivity contribution < 1.29 is 9.53 Å². The molecule has 0 fully saturated rings. The maximum atomic E-state index is 12.3. The number of thioether (sulfide) groups is 2. The van der Waals surface area contributed by atoms with E-state index in [1.54, 1.807) is 0 Å². The Morgan fingerprint density at radius 2 is 1.10 bits per heavy atom. The zero-order valence-electron chi connectivity index (χ0n) is 28.2. The van der Waals surface area contributed by atoms with Gasteiger partial charge in [-0.15, -0.1) is 0 Å². The third kappa shape index (κ3) is 31.2. The van der Waals surface area contributed by atoms with E-state index in [0.29, 0.717) is 18.4 Å². The molecule has 6 heteroatoms. The lowest BCUT2D eigenvalue weighted by atomic mass is 10.1. The van der Waals surface area contributed by atoms with Crippen molar-refractivity contribution in [2.24, 2.45) is 0 Å². The normalized spacial score (nSPS) is 12.2. The van der Waals surface area contributed by atoms with Gasteiger partial charge in [-0.2, -0.15) is 23.5 Å². The maximum Gasteiger partial charge on any atom is 0.407 e. The smallest absolute Gasteiger partial charge is 0.407 e. The molecule has 0 aromatic heterocycles. The first-order valence-electron chi connectivity index (χ1n) is 18.0. The monoisotopic (exact) mass is 617 g/mol. The summed E-state index contributed by atoms with van der Waals surface area (Å²) in [5, 5.41) is 3.37. The van der Waals surface area contributed by atoms with Crippen molar-refractivity contribution >= 4 is 29.6 Å². The van der Waals surface area contributed by atoms with Crippen LogP contribution >= 0.6 is 23.5 Å². The van der Waals surface area contributed by atoms with Crippen molar-refractivity contribution in [1.29, 1.82) is 0 Å². The highest BCUT2D eigenvalue weighted by Gasteiger charge is 2.13. The van der Waals surface area contributed by atoms with E-state index in [0.717, 1.165) is 31.8 Å². The lowest BCUT2D eigenvalue weighted by molar-refractivity contribution is 0.147. The van der Waals surface area contributed by atoms with Crippen LogP contribution in [-0.4, -0.2) is 66.3 Å². The quantitative estimate of drug-likeness (QED) is 0.0743. The highest BCUT2D eigenvalue weighted by molar-refractivity contribution is 8.03. The van der Waals surface area contributed by atoms with Gasteiger partial charge in [-0.1, -0.05) is 143 Å². The van der Waals surface area contributed by atoms with Gasteiger partial charge in [0.15, 0.2) is 0 Å². The summed E-state index contributed by atoms with van der Waals surface area (Å²) in [5.41, 5.74) is 0. The van der Waals surface area contributed by atoms with Gasteiger partial charge in [0.1, 0.15) is 6.61 Å². The summed E-state index contributed by atoms with van der Waals surface area (Å²) in [7, 11) is 0. The number of alkyl carbamates (subject to hydrolysis) is 1. The van der Waals surface area contributed by atoms with Gasteiger partial charge in [-0.25, -0.2) is 4.79 Å². The first kappa shape index (κ1) is 40.9. The Morgan fingerprint density at radius 1 is 0.634 bits per heavy atom. The zero-order chi connectivity index (χ0) is 30.1. The third-order valence-electron chi connectivity index (χ3n) is 8.01. The summed E-state index contributed by atoms with van der Waals surface area (Å²) in [6.07, 6.45) is 28.5. The highest BCUT2D eigenvalue weighted by Crippen LogP contribution is 2.21. The number of amides is 1. The lowest BCUT2D eigenvalue weighted by Crippen LogP contribution is -2.31. The second-order valence-corrected chi connectivity index (χ2v) is 14.4. The number of ether oxygens (including phenoxy) is 1. The van der Waals surface area contributed by atoms with E-state index in [1.807, 2.05) is 11.8 Å². The van der Waals surface area contributed by atoms with Crippen LogP contribution in [0.2, 0.25) is 0 Å². The van der Waals surface area contributed by atoms with E-state index in [1.165, 1.54) is 140 Å². The summed E-state index contributed by atoms with van der Waals surface area (Å²) < 4.78 is 5.67. The minimum Gasteiger partial charge on any atom is -0.448 e. The summed E-state index contributed by atoms with van der Waals surface area (Å²) in [5.74, 6) is 3.52. The first-order valence-corrected chi connectivity index (χ1v) is 20.2. The zero-order valence-corrected chi connectivity index (χ0v) is 29.8. The largest absolute Gasteiger partial charge is 0.448 e. The van der Waals surface area contributed by atoms with Gasteiger partial charge in [0.2, 0.25) is 0 Å². The molecule has 0 aliphatic carbocycles. The van der Waals surface area contributed by atoms with Crippen LogP contribution in [0, 0.1) is 0 Å². The molecule has 0 bridgehead atoms. The molecule has 0 aliphatic heterocycles. The van der Waals surface area contributed by atoms with Crippen molar-refractivity contribution in [3.05, 3.63) is 0 Å². The molecule has 1 amide bonds. The fourth-order valence-corrected chi connectivity index (χ4v) is 7.62. The number of rotatable bonds is 33. The van der Waals surface area contributed by atoms with E-state index >= 15 is 0 Å². The minimum absolute atomic E-state index is 0.242. The summed E-state index contributed by atoms with van der Waals surface area (Å²) in [6.45, 7) is 13.3. The Kier molecular flexibility index (Phi) is 34.4. The summed E-state index contributed by atoms with van der Waals surface area (Å²) in [6, 6.07) is 0. The van der Waals surface area contributed by atoms with Crippen molar-refractivity contribution in [2.75, 3.05) is 50.0 Å². The molecule has 0 heterocycles. The predicted octanol–water partition coefficient (Wildman–Crippen LogP) is 11.1. The molecular formula is C35H72N2O2S2. The van der Waals surface area contributed by atoms with Crippen molar-refractivity contribution in [3.63, 3.8) is 0 Å². The van der Waals surface area contributed by atoms with E-state index in [2.05, 4.69) is 49.7 Å². The topological polar surface area (TPSA) is 41.6 Å². The number of nitrogens with one attached hydrogen (secondary N) is 1. The summed E-state index contributed by atoms with van der Waals surface area (Å²) in [4.78, 5) is 14.7. The van der Waals surface area contributed by atoms with Gasteiger partial charge in [0, 0.05) is 17.5 Å². The lowest BCUT2D eigenvalue weighted by Gasteiger charge is -2.18. The molecule has 0 aromatic carbocycles. The molecule has 1 N–H and O–H groups in total. The van der Waals surface area contributed by atoms with Crippen molar-refractivity contribution in [3.8, 4) is 0 Å². The average molecular weight is 617 g/mol. The van der Waals surface area contributed by atoms with E-state index in [4.69, 9.17) is 4.74 Å². The number of hydrogen-bond donors (Lipinski definition) is 1. The van der Waals surface area contributed by atoms with Gasteiger partial charge >= 0.3 is 6.09 Å². The van der Waals surface area contributed by atoms with E-state index < -0.39 is 0 Å². The Hall–Kier alpha value is -0.0700. The van der Waals surface area contributed by atoms with Crippen molar-refractivity contribution in [2.45, 2.75) is 168 Å². The SMILES string of the molecule is CCCCCCCCCCCCSCC(COC(=O)NCCCN(CC)CC)SCCCCCCCCCCCC. The first-order chi connectivity index (χ1) is 20.2. The molecule has 0 saturated carbocycles. The van der Waals surface area contributed by atoms with Crippen LogP contribution in [0.25, 0.3) is 0 Å². The Bertz CT molecular complexity index is 520. The number of unbranched alkanes of at least 4 members (excludes halogenated alkanes) is 18. The Labute approximate surface area is 266 Å². The predicted molar refractivity (Wildman–Crippen MR) is 189 cm³/mol. The standard InChI is InChI=1S/C35H72N2O2S2/c1-5-9-11-13-15-17-19-21-23-25-30-40-33-34(32-39-35(38)36-28-27-29-37(7-3)8-4)41-31-26-24-22-20-18-16-14-12-10-6-2/h34H,5-33H2,1-4H3,(H,36,38). The fraction of sp³-hybridized carbons (Fsp3) is 0.971. The molecule has 246 valence electrons. The van der Waals surface area contributed by atoms with Crippen LogP contribution in [-0.2, 0) is 4.74 Å². The molecule has 0 saturated heterocycles. The number of hydrogen-bond acceptors (Lipinski definition) is 5. The van der Waals surface area contributed by atoms with Gasteiger partial charge < -0.3 is 15.0 Å². The number of nitrogens with zero attached hydrogens (tertiary/aromatic N) is 1. The van der Waals surface area contributed by atoms with Crippen LogP contribution in [0.1, 0.15) is 163 Å². The van der Waals surface area contributed by atoms with Gasteiger partial charge in [-0.3, -0.25) is 0 Å². The average Bonchev–Trinajstić information content (AvgIpc) is 2.98. The second kappa shape index (κ2) is 34.4. The molecule has 4 nitrogen and oxygen atoms in total. The molecule has 1 atom stereocenters. The Balaban J connectivity index is 4.09. The molecule has 0 spiro atoms. The van der Waals surface area contributed by atoms with Gasteiger partial charge in [-0.05, 0) is 50.4 Å². The Morgan fingerprint density at radius 3 is 1.59 bits per heavy atom. The van der Waals surface area contributed by atoms with Crippen LogP contribution in [0.5, 0.6) is 0 Å². The van der Waals surface area contributed by atoms with Crippen LogP contribution in [0.15, 0.2) is 0 Å². The fourth-order valence-electron chi connectivity index (χ4n) is 5.14. The summed E-state index contributed by atoms with van der Waals surface area (Å²) >= 11 is 4.09. The van der Waals surface area contributed by atoms with Crippen LogP contribution < -0.4 is 5.32 Å². The molecule has 0 rings (SSSR count). The van der Waals surface area contributed by atoms with Crippen molar-refractivity contribution in [1.82, 2.24) is 10.2 Å². The van der Waals surface area contributed by atoms with Gasteiger partial charge in [0.25, 0.3) is 0 Å². The molecule has 1 unspecified atom stereocenters. The van der Waals surface area contributed by atoms with Crippen LogP contribution in [0.3, 0.4) is 0 Å². The molecule has 41 heavy (non-hydrogen) atoms. The number of carbonyl (C=O) groups is 1. The minimum atomic E-state index is -0.242. The van der Waals surface area contributed by atoms with Gasteiger partial charge in [0.05, 0.1) is 0 Å². The molecule has 0 aromatic rings. The maximum absolute atomic E-state index is 12.3. The van der Waals surface area contributed by atoms with E-state index in [9.17, 15) is 4.79 Å². The molecule has 0 aliphatic rings. The number of carbonyl (C=O) groups excluding carboxylic acids is 1. The highest BCUT2D eigenvalue weighted by atomic mass is 32.2. The van der Waals surface area contributed by atoms with Crippen LogP contribution in [0.4, 0.5) is 4.79 Å². The molecule has 0 radical (unpaired) electrons. The van der Waals surface area contributed by atoms with E-state index in [-0.39, 0.29) is 6.09 Å². The second-order valence-electron chi connectivity index (χ2n) is 11.8. The third-order valence-corrected chi connectivity index (χ3v) is 10.7. The molecular weight excluding hydrogens is 545 g/mol.